The third-order valence-electron chi connectivity index (χ3n) is 7.07. The first-order chi connectivity index (χ1) is 12.0. The number of rotatable bonds is 3. The molecular formula is C22H29NO2. The smallest absolute Gasteiger partial charge is 0.247 e. The maximum Gasteiger partial charge on any atom is 0.247 e. The number of hydrogen-bond donors (Lipinski definition) is 2. The average Bonchev–Trinajstić information content (AvgIpc) is 2.96. The van der Waals surface area contributed by atoms with Crippen LogP contribution >= 0.6 is 0 Å². The van der Waals surface area contributed by atoms with E-state index in [0.717, 1.165) is 44.2 Å². The van der Waals surface area contributed by atoms with Gasteiger partial charge in [-0.05, 0) is 79.5 Å². The van der Waals surface area contributed by atoms with Gasteiger partial charge >= 0.3 is 0 Å². The number of amides is 1. The monoisotopic (exact) mass is 339 g/mol. The first-order valence-electron chi connectivity index (χ1n) is 9.85. The first kappa shape index (κ1) is 16.7. The van der Waals surface area contributed by atoms with E-state index in [1.165, 1.54) is 17.5 Å². The SMILES string of the molecule is CCCNC(=O)C1=CC[C@H]2[C@@H]3CCc4cc(O)ccc4[C@H]3CC[C@]12C. The zero-order chi connectivity index (χ0) is 17.6. The van der Waals surface area contributed by atoms with Crippen LogP contribution in [0.4, 0.5) is 0 Å². The van der Waals surface area contributed by atoms with Crippen molar-refractivity contribution in [2.75, 3.05) is 6.54 Å². The van der Waals surface area contributed by atoms with Gasteiger partial charge in [0.1, 0.15) is 5.75 Å². The van der Waals surface area contributed by atoms with Crippen LogP contribution < -0.4 is 5.32 Å². The highest BCUT2D eigenvalue weighted by Crippen LogP contribution is 2.61. The van der Waals surface area contributed by atoms with Gasteiger partial charge in [-0.2, -0.15) is 0 Å². The lowest BCUT2D eigenvalue weighted by atomic mass is 9.54. The molecule has 1 amide bonds. The summed E-state index contributed by atoms with van der Waals surface area (Å²) in [5, 5.41) is 12.9. The molecule has 0 aromatic heterocycles. The van der Waals surface area contributed by atoms with Crippen LogP contribution in [0.2, 0.25) is 0 Å². The Hall–Kier alpha value is -1.77. The Balaban J connectivity index is 1.59. The van der Waals surface area contributed by atoms with Gasteiger partial charge in [0, 0.05) is 17.5 Å². The molecule has 0 saturated heterocycles. The third-order valence-corrected chi connectivity index (χ3v) is 7.07. The average molecular weight is 339 g/mol. The van der Waals surface area contributed by atoms with Crippen molar-refractivity contribution in [2.45, 2.75) is 58.3 Å². The molecule has 0 bridgehead atoms. The molecule has 1 fully saturated rings. The number of phenols is 1. The standard InChI is InChI=1S/C22H29NO2/c1-3-12-23-21(25)20-9-8-19-18-6-4-14-13-15(24)5-7-16(14)17(18)10-11-22(19,20)2/h5,7,9,13,17-19,24H,3-4,6,8,10-12H2,1-2H3,(H,23,25)/t17-,18-,19+,22+/m1/s1. The fourth-order valence-electron chi connectivity index (χ4n) is 5.82. The number of benzene rings is 1. The van der Waals surface area contributed by atoms with Crippen molar-refractivity contribution in [3.05, 3.63) is 41.0 Å². The Labute approximate surface area is 150 Å². The predicted molar refractivity (Wildman–Crippen MR) is 99.5 cm³/mol. The maximum absolute atomic E-state index is 12.7. The molecule has 1 aromatic rings. The van der Waals surface area contributed by atoms with E-state index < -0.39 is 0 Å². The van der Waals surface area contributed by atoms with Gasteiger partial charge in [0.2, 0.25) is 5.91 Å². The summed E-state index contributed by atoms with van der Waals surface area (Å²) < 4.78 is 0. The van der Waals surface area contributed by atoms with Crippen molar-refractivity contribution < 1.29 is 9.90 Å². The molecular weight excluding hydrogens is 310 g/mol. The summed E-state index contributed by atoms with van der Waals surface area (Å²) in [7, 11) is 0. The third kappa shape index (κ3) is 2.59. The highest BCUT2D eigenvalue weighted by Gasteiger charge is 2.53. The molecule has 2 N–H and O–H groups in total. The van der Waals surface area contributed by atoms with Crippen LogP contribution in [0.25, 0.3) is 0 Å². The molecule has 0 radical (unpaired) electrons. The fourth-order valence-corrected chi connectivity index (χ4v) is 5.82. The zero-order valence-electron chi connectivity index (χ0n) is 15.3. The van der Waals surface area contributed by atoms with Gasteiger partial charge in [-0.1, -0.05) is 26.0 Å². The number of phenolic OH excluding ortho intramolecular Hbond substituents is 1. The summed E-state index contributed by atoms with van der Waals surface area (Å²) in [6.07, 6.45) is 8.71. The molecule has 3 aliphatic rings. The number of fused-ring (bicyclic) bond motifs is 5. The van der Waals surface area contributed by atoms with Crippen LogP contribution in [0.15, 0.2) is 29.8 Å². The van der Waals surface area contributed by atoms with Crippen LogP contribution in [0.3, 0.4) is 0 Å². The van der Waals surface area contributed by atoms with Crippen molar-refractivity contribution >= 4 is 5.91 Å². The molecule has 134 valence electrons. The molecule has 1 saturated carbocycles. The molecule has 25 heavy (non-hydrogen) atoms. The number of carbonyl (C=O) groups excluding carboxylic acids is 1. The lowest BCUT2D eigenvalue weighted by molar-refractivity contribution is -0.119. The van der Waals surface area contributed by atoms with Crippen LogP contribution in [-0.4, -0.2) is 17.6 Å². The summed E-state index contributed by atoms with van der Waals surface area (Å²) in [6.45, 7) is 5.18. The zero-order valence-corrected chi connectivity index (χ0v) is 15.3. The van der Waals surface area contributed by atoms with Crippen molar-refractivity contribution in [3.63, 3.8) is 0 Å². The molecule has 0 spiro atoms. The molecule has 1 aromatic carbocycles. The van der Waals surface area contributed by atoms with Crippen LogP contribution in [-0.2, 0) is 11.2 Å². The van der Waals surface area contributed by atoms with E-state index >= 15 is 0 Å². The fraction of sp³-hybridized carbons (Fsp3) is 0.591. The Kier molecular flexibility index (Phi) is 4.13. The largest absolute Gasteiger partial charge is 0.508 e. The van der Waals surface area contributed by atoms with E-state index in [9.17, 15) is 9.90 Å². The van der Waals surface area contributed by atoms with Gasteiger partial charge in [-0.15, -0.1) is 0 Å². The van der Waals surface area contributed by atoms with E-state index in [0.29, 0.717) is 23.5 Å². The van der Waals surface area contributed by atoms with E-state index in [1.54, 1.807) is 0 Å². The maximum atomic E-state index is 12.7. The van der Waals surface area contributed by atoms with E-state index in [-0.39, 0.29) is 11.3 Å². The lowest BCUT2D eigenvalue weighted by Crippen LogP contribution is -2.44. The number of hydrogen-bond acceptors (Lipinski definition) is 2. The van der Waals surface area contributed by atoms with Crippen molar-refractivity contribution in [3.8, 4) is 5.75 Å². The second-order valence-corrected chi connectivity index (χ2v) is 8.36. The minimum Gasteiger partial charge on any atom is -0.508 e. The van der Waals surface area contributed by atoms with Gasteiger partial charge in [0.15, 0.2) is 0 Å². The van der Waals surface area contributed by atoms with Gasteiger partial charge in [0.05, 0.1) is 0 Å². The first-order valence-corrected chi connectivity index (χ1v) is 9.85. The Morgan fingerprint density at radius 1 is 1.36 bits per heavy atom. The molecule has 4 rings (SSSR count). The Bertz CT molecular complexity index is 723. The highest BCUT2D eigenvalue weighted by molar-refractivity contribution is 5.95. The normalized spacial score (nSPS) is 33.0. The minimum atomic E-state index is 0.0351. The predicted octanol–water partition coefficient (Wildman–Crippen LogP) is 4.31. The summed E-state index contributed by atoms with van der Waals surface area (Å²) in [5.41, 5.74) is 3.85. The summed E-state index contributed by atoms with van der Waals surface area (Å²) in [6, 6.07) is 5.93. The van der Waals surface area contributed by atoms with Crippen LogP contribution in [0.5, 0.6) is 5.75 Å². The second kappa shape index (κ2) is 6.19. The number of aromatic hydroxyl groups is 1. The van der Waals surface area contributed by atoms with E-state index in [1.807, 2.05) is 12.1 Å². The molecule has 3 aliphatic carbocycles. The molecule has 0 heterocycles. The quantitative estimate of drug-likeness (QED) is 0.862. The molecule has 3 nitrogen and oxygen atoms in total. The Morgan fingerprint density at radius 2 is 2.20 bits per heavy atom. The lowest BCUT2D eigenvalue weighted by Gasteiger charge is -2.50. The number of allylic oxidation sites excluding steroid dienone is 1. The number of aryl methyl sites for hydroxylation is 1. The summed E-state index contributed by atoms with van der Waals surface area (Å²) >= 11 is 0. The van der Waals surface area contributed by atoms with Gasteiger partial charge in [-0.3, -0.25) is 4.79 Å². The van der Waals surface area contributed by atoms with Crippen molar-refractivity contribution in [2.24, 2.45) is 17.3 Å². The van der Waals surface area contributed by atoms with Crippen molar-refractivity contribution in [1.29, 1.82) is 0 Å². The minimum absolute atomic E-state index is 0.0351. The molecule has 3 heteroatoms. The highest BCUT2D eigenvalue weighted by atomic mass is 16.3. The Morgan fingerprint density at radius 3 is 3.00 bits per heavy atom. The van der Waals surface area contributed by atoms with E-state index in [4.69, 9.17) is 0 Å². The number of carbonyl (C=O) groups is 1. The molecule has 4 atom stereocenters. The van der Waals surface area contributed by atoms with Crippen LogP contribution in [0.1, 0.15) is 63.0 Å². The number of nitrogens with one attached hydrogen (secondary N) is 1. The summed E-state index contributed by atoms with van der Waals surface area (Å²) in [4.78, 5) is 12.7. The van der Waals surface area contributed by atoms with Crippen molar-refractivity contribution in [1.82, 2.24) is 5.32 Å². The summed E-state index contributed by atoms with van der Waals surface area (Å²) in [5.74, 6) is 2.37. The molecule has 0 aliphatic heterocycles. The topological polar surface area (TPSA) is 49.3 Å². The van der Waals surface area contributed by atoms with Gasteiger partial charge in [0.25, 0.3) is 0 Å². The van der Waals surface area contributed by atoms with E-state index in [2.05, 4.69) is 31.3 Å². The van der Waals surface area contributed by atoms with Gasteiger partial charge < -0.3 is 10.4 Å². The second-order valence-electron chi connectivity index (χ2n) is 8.36. The van der Waals surface area contributed by atoms with Gasteiger partial charge in [-0.25, -0.2) is 0 Å². The molecule has 0 unspecified atom stereocenters. The van der Waals surface area contributed by atoms with Crippen LogP contribution in [0, 0.1) is 17.3 Å².